The minimum absolute atomic E-state index is 0.00903. The van der Waals surface area contributed by atoms with E-state index in [1.165, 1.54) is 16.7 Å². The first-order chi connectivity index (χ1) is 11.8. The van der Waals surface area contributed by atoms with Crippen LogP contribution in [0.4, 0.5) is 5.69 Å². The molecular formula is C18H22N4O2S. The van der Waals surface area contributed by atoms with Crippen LogP contribution in [0.1, 0.15) is 17.1 Å². The standard InChI is InChI=1S/C18H22N4O2S/c1-12-5-7-15(8-6-12)21-16(23)10-22(4)18(24)11-25-17-9-13(2)19-14(3)20-17/h5-9H,10-11H2,1-4H3,(H,21,23). The zero-order valence-electron chi connectivity index (χ0n) is 14.9. The lowest BCUT2D eigenvalue weighted by atomic mass is 10.2. The molecule has 132 valence electrons. The maximum atomic E-state index is 12.2. The lowest BCUT2D eigenvalue weighted by molar-refractivity contribution is -0.131. The van der Waals surface area contributed by atoms with Gasteiger partial charge in [-0.2, -0.15) is 0 Å². The van der Waals surface area contributed by atoms with Crippen LogP contribution in [-0.4, -0.2) is 46.0 Å². The van der Waals surface area contributed by atoms with Crippen molar-refractivity contribution in [1.29, 1.82) is 0 Å². The van der Waals surface area contributed by atoms with Crippen molar-refractivity contribution in [3.8, 4) is 0 Å². The van der Waals surface area contributed by atoms with Gasteiger partial charge in [0.05, 0.1) is 12.3 Å². The first kappa shape index (κ1) is 18.9. The molecule has 0 fully saturated rings. The highest BCUT2D eigenvalue weighted by atomic mass is 32.2. The van der Waals surface area contributed by atoms with E-state index < -0.39 is 0 Å². The Hall–Kier alpha value is -2.41. The minimum atomic E-state index is -0.224. The summed E-state index contributed by atoms with van der Waals surface area (Å²) < 4.78 is 0. The SMILES string of the molecule is Cc1ccc(NC(=O)CN(C)C(=O)CSc2cc(C)nc(C)n2)cc1. The van der Waals surface area contributed by atoms with E-state index in [0.717, 1.165) is 22.0 Å². The Bertz CT molecular complexity index is 742. The van der Waals surface area contributed by atoms with Crippen molar-refractivity contribution >= 4 is 29.3 Å². The van der Waals surface area contributed by atoms with Crippen LogP contribution in [0.3, 0.4) is 0 Å². The van der Waals surface area contributed by atoms with Crippen LogP contribution < -0.4 is 5.32 Å². The number of carbonyl (C=O) groups excluding carboxylic acids is 2. The third-order valence-corrected chi connectivity index (χ3v) is 4.32. The van der Waals surface area contributed by atoms with Crippen molar-refractivity contribution in [3.05, 3.63) is 47.4 Å². The van der Waals surface area contributed by atoms with Crippen LogP contribution in [-0.2, 0) is 9.59 Å². The molecule has 0 bridgehead atoms. The summed E-state index contributed by atoms with van der Waals surface area (Å²) >= 11 is 1.34. The Kier molecular flexibility index (Phi) is 6.52. The third-order valence-electron chi connectivity index (χ3n) is 3.43. The summed E-state index contributed by atoms with van der Waals surface area (Å²) in [5.74, 6) is 0.557. The van der Waals surface area contributed by atoms with E-state index in [2.05, 4.69) is 15.3 Å². The van der Waals surface area contributed by atoms with Gasteiger partial charge in [0.15, 0.2) is 0 Å². The molecule has 7 heteroatoms. The maximum absolute atomic E-state index is 12.2. The van der Waals surface area contributed by atoms with Gasteiger partial charge in [-0.1, -0.05) is 29.5 Å². The monoisotopic (exact) mass is 358 g/mol. The van der Waals surface area contributed by atoms with E-state index in [9.17, 15) is 9.59 Å². The number of nitrogens with one attached hydrogen (secondary N) is 1. The number of rotatable bonds is 6. The molecule has 1 N–H and O–H groups in total. The van der Waals surface area contributed by atoms with E-state index in [1.807, 2.05) is 51.1 Å². The van der Waals surface area contributed by atoms with Gasteiger partial charge >= 0.3 is 0 Å². The number of hydrogen-bond acceptors (Lipinski definition) is 5. The normalized spacial score (nSPS) is 10.4. The number of carbonyl (C=O) groups is 2. The van der Waals surface area contributed by atoms with Gasteiger partial charge in [0, 0.05) is 18.4 Å². The summed E-state index contributed by atoms with van der Waals surface area (Å²) in [6.07, 6.45) is 0. The molecule has 2 amide bonds. The van der Waals surface area contributed by atoms with Gasteiger partial charge < -0.3 is 10.2 Å². The summed E-state index contributed by atoms with van der Waals surface area (Å²) in [7, 11) is 1.62. The van der Waals surface area contributed by atoms with Crippen molar-refractivity contribution in [2.75, 3.05) is 24.7 Å². The third kappa shape index (κ3) is 6.19. The zero-order valence-corrected chi connectivity index (χ0v) is 15.7. The fourth-order valence-electron chi connectivity index (χ4n) is 2.14. The quantitative estimate of drug-likeness (QED) is 0.634. The predicted molar refractivity (Wildman–Crippen MR) is 99.7 cm³/mol. The van der Waals surface area contributed by atoms with Gasteiger partial charge in [-0.3, -0.25) is 9.59 Å². The van der Waals surface area contributed by atoms with E-state index in [0.29, 0.717) is 5.82 Å². The van der Waals surface area contributed by atoms with Gasteiger partial charge in [0.25, 0.3) is 0 Å². The van der Waals surface area contributed by atoms with Crippen LogP contribution in [0.2, 0.25) is 0 Å². The molecule has 0 aliphatic carbocycles. The topological polar surface area (TPSA) is 75.2 Å². The van der Waals surface area contributed by atoms with Crippen LogP contribution in [0.25, 0.3) is 0 Å². The van der Waals surface area contributed by atoms with Gasteiger partial charge in [-0.05, 0) is 39.0 Å². The number of nitrogens with zero attached hydrogens (tertiary/aromatic N) is 3. The zero-order chi connectivity index (χ0) is 18.4. The van der Waals surface area contributed by atoms with Crippen molar-refractivity contribution in [2.45, 2.75) is 25.8 Å². The highest BCUT2D eigenvalue weighted by Gasteiger charge is 2.14. The highest BCUT2D eigenvalue weighted by Crippen LogP contribution is 2.16. The molecule has 6 nitrogen and oxygen atoms in total. The molecule has 2 aromatic rings. The Morgan fingerprint density at radius 2 is 1.80 bits per heavy atom. The van der Waals surface area contributed by atoms with E-state index in [-0.39, 0.29) is 24.1 Å². The second-order valence-corrected chi connectivity index (χ2v) is 6.84. The number of likely N-dealkylation sites (N-methyl/N-ethyl adjacent to an activating group) is 1. The van der Waals surface area contributed by atoms with Crippen LogP contribution in [0, 0.1) is 20.8 Å². The van der Waals surface area contributed by atoms with Crippen molar-refractivity contribution in [2.24, 2.45) is 0 Å². The fraction of sp³-hybridized carbons (Fsp3) is 0.333. The average molecular weight is 358 g/mol. The number of thioether (sulfide) groups is 1. The van der Waals surface area contributed by atoms with Gasteiger partial charge in [-0.15, -0.1) is 0 Å². The molecule has 0 aliphatic heterocycles. The highest BCUT2D eigenvalue weighted by molar-refractivity contribution is 7.99. The summed E-state index contributed by atoms with van der Waals surface area (Å²) in [6.45, 7) is 5.70. The fourth-order valence-corrected chi connectivity index (χ4v) is 3.09. The molecule has 0 radical (unpaired) electrons. The van der Waals surface area contributed by atoms with Gasteiger partial charge in [0.1, 0.15) is 10.9 Å². The molecule has 1 heterocycles. The van der Waals surface area contributed by atoms with Crippen molar-refractivity contribution in [1.82, 2.24) is 14.9 Å². The smallest absolute Gasteiger partial charge is 0.243 e. The van der Waals surface area contributed by atoms with Gasteiger partial charge in [-0.25, -0.2) is 9.97 Å². The maximum Gasteiger partial charge on any atom is 0.243 e. The Labute approximate surface area is 152 Å². The van der Waals surface area contributed by atoms with Gasteiger partial charge in [0.2, 0.25) is 11.8 Å². The summed E-state index contributed by atoms with van der Waals surface area (Å²) in [4.78, 5) is 34.2. The predicted octanol–water partition coefficient (Wildman–Crippen LogP) is 2.59. The molecule has 0 unspecified atom stereocenters. The molecule has 0 saturated carbocycles. The number of benzene rings is 1. The van der Waals surface area contributed by atoms with Crippen molar-refractivity contribution < 1.29 is 9.59 Å². The Morgan fingerprint density at radius 1 is 1.12 bits per heavy atom. The molecule has 0 atom stereocenters. The second kappa shape index (κ2) is 8.62. The second-order valence-electron chi connectivity index (χ2n) is 5.85. The molecule has 2 rings (SSSR count). The Morgan fingerprint density at radius 3 is 2.44 bits per heavy atom. The molecule has 1 aromatic heterocycles. The molecule has 25 heavy (non-hydrogen) atoms. The largest absolute Gasteiger partial charge is 0.336 e. The van der Waals surface area contributed by atoms with Crippen LogP contribution in [0.15, 0.2) is 35.4 Å². The average Bonchev–Trinajstić information content (AvgIpc) is 2.53. The number of hydrogen-bond donors (Lipinski definition) is 1. The first-order valence-corrected chi connectivity index (χ1v) is 8.87. The molecule has 0 saturated heterocycles. The summed E-state index contributed by atoms with van der Waals surface area (Å²) in [5.41, 5.74) is 2.71. The van der Waals surface area contributed by atoms with E-state index >= 15 is 0 Å². The lowest BCUT2D eigenvalue weighted by Crippen LogP contribution is -2.35. The molecule has 0 aliphatic rings. The minimum Gasteiger partial charge on any atom is -0.336 e. The lowest BCUT2D eigenvalue weighted by Gasteiger charge is -2.16. The van der Waals surface area contributed by atoms with Crippen LogP contribution >= 0.6 is 11.8 Å². The summed E-state index contributed by atoms with van der Waals surface area (Å²) in [6, 6.07) is 9.37. The number of anilines is 1. The number of aryl methyl sites for hydroxylation is 3. The molecule has 0 spiro atoms. The molecule has 1 aromatic carbocycles. The van der Waals surface area contributed by atoms with Crippen molar-refractivity contribution in [3.63, 3.8) is 0 Å². The Balaban J connectivity index is 1.82. The summed E-state index contributed by atoms with van der Waals surface area (Å²) in [5, 5.41) is 3.54. The number of amides is 2. The molecular weight excluding hydrogens is 336 g/mol. The van der Waals surface area contributed by atoms with E-state index in [1.54, 1.807) is 7.05 Å². The first-order valence-electron chi connectivity index (χ1n) is 7.89. The number of aromatic nitrogens is 2. The van der Waals surface area contributed by atoms with Crippen LogP contribution in [0.5, 0.6) is 0 Å². The van der Waals surface area contributed by atoms with E-state index in [4.69, 9.17) is 0 Å².